The van der Waals surface area contributed by atoms with Gasteiger partial charge in [0, 0.05) is 18.2 Å². The SMILES string of the molecule is CC1CC(NCc2cc(F)ccc2F)CC(C)(C)C1. The third kappa shape index (κ3) is 4.00. The largest absolute Gasteiger partial charge is 0.310 e. The molecule has 0 bridgehead atoms. The van der Waals surface area contributed by atoms with E-state index in [1.807, 2.05) is 0 Å². The van der Waals surface area contributed by atoms with E-state index in [0.29, 0.717) is 29.5 Å². The van der Waals surface area contributed by atoms with Crippen LogP contribution in [0.25, 0.3) is 0 Å². The highest BCUT2D eigenvalue weighted by molar-refractivity contribution is 5.18. The molecule has 0 radical (unpaired) electrons. The maximum Gasteiger partial charge on any atom is 0.127 e. The van der Waals surface area contributed by atoms with Gasteiger partial charge >= 0.3 is 0 Å². The van der Waals surface area contributed by atoms with E-state index >= 15 is 0 Å². The minimum atomic E-state index is -0.379. The van der Waals surface area contributed by atoms with Crippen LogP contribution in [0.4, 0.5) is 8.78 Å². The van der Waals surface area contributed by atoms with Crippen molar-refractivity contribution < 1.29 is 8.78 Å². The van der Waals surface area contributed by atoms with Gasteiger partial charge in [-0.2, -0.15) is 0 Å². The lowest BCUT2D eigenvalue weighted by molar-refractivity contribution is 0.150. The lowest BCUT2D eigenvalue weighted by Crippen LogP contribution is -2.39. The predicted molar refractivity (Wildman–Crippen MR) is 73.8 cm³/mol. The monoisotopic (exact) mass is 267 g/mol. The van der Waals surface area contributed by atoms with E-state index in [9.17, 15) is 8.78 Å². The summed E-state index contributed by atoms with van der Waals surface area (Å²) in [6.07, 6.45) is 3.44. The summed E-state index contributed by atoms with van der Waals surface area (Å²) >= 11 is 0. The molecule has 1 N–H and O–H groups in total. The van der Waals surface area contributed by atoms with Gasteiger partial charge in [0.1, 0.15) is 11.6 Å². The van der Waals surface area contributed by atoms with Crippen molar-refractivity contribution in [1.82, 2.24) is 5.32 Å². The zero-order valence-electron chi connectivity index (χ0n) is 12.0. The normalized spacial score (nSPS) is 26.4. The minimum Gasteiger partial charge on any atom is -0.310 e. The fraction of sp³-hybridized carbons (Fsp3) is 0.625. The van der Waals surface area contributed by atoms with Crippen LogP contribution in [-0.2, 0) is 6.54 Å². The van der Waals surface area contributed by atoms with Crippen LogP contribution in [0.15, 0.2) is 18.2 Å². The fourth-order valence-corrected chi connectivity index (χ4v) is 3.43. The zero-order chi connectivity index (χ0) is 14.0. The Morgan fingerprint density at radius 1 is 1.26 bits per heavy atom. The van der Waals surface area contributed by atoms with E-state index in [0.717, 1.165) is 18.9 Å². The Balaban J connectivity index is 1.96. The highest BCUT2D eigenvalue weighted by atomic mass is 19.1. The van der Waals surface area contributed by atoms with Crippen LogP contribution in [0.1, 0.15) is 45.6 Å². The highest BCUT2D eigenvalue weighted by Crippen LogP contribution is 2.38. The summed E-state index contributed by atoms with van der Waals surface area (Å²) in [6, 6.07) is 4.02. The van der Waals surface area contributed by atoms with Crippen LogP contribution in [0, 0.1) is 23.0 Å². The van der Waals surface area contributed by atoms with Gasteiger partial charge in [-0.25, -0.2) is 8.78 Å². The first-order valence-corrected chi connectivity index (χ1v) is 7.03. The molecule has 1 nitrogen and oxygen atoms in total. The van der Waals surface area contributed by atoms with E-state index in [2.05, 4.69) is 26.1 Å². The summed E-state index contributed by atoms with van der Waals surface area (Å²) in [4.78, 5) is 0. The maximum atomic E-state index is 13.5. The lowest BCUT2D eigenvalue weighted by atomic mass is 9.70. The van der Waals surface area contributed by atoms with Gasteiger partial charge in [-0.15, -0.1) is 0 Å². The van der Waals surface area contributed by atoms with Crippen LogP contribution >= 0.6 is 0 Å². The van der Waals surface area contributed by atoms with Crippen molar-refractivity contribution in [1.29, 1.82) is 0 Å². The van der Waals surface area contributed by atoms with Gasteiger partial charge in [-0.3, -0.25) is 0 Å². The van der Waals surface area contributed by atoms with Gasteiger partial charge in [0.15, 0.2) is 0 Å². The number of hydrogen-bond acceptors (Lipinski definition) is 1. The Morgan fingerprint density at radius 3 is 2.68 bits per heavy atom. The van der Waals surface area contributed by atoms with Gasteiger partial charge in [0.25, 0.3) is 0 Å². The van der Waals surface area contributed by atoms with E-state index in [1.54, 1.807) is 0 Å². The molecule has 2 unspecified atom stereocenters. The van der Waals surface area contributed by atoms with E-state index < -0.39 is 0 Å². The molecule has 2 atom stereocenters. The molecule has 2 rings (SSSR count). The third-order valence-corrected chi connectivity index (χ3v) is 3.98. The number of halogens is 2. The van der Waals surface area contributed by atoms with Gasteiger partial charge < -0.3 is 5.32 Å². The van der Waals surface area contributed by atoms with Gasteiger partial charge in [-0.1, -0.05) is 20.8 Å². The molecule has 0 spiro atoms. The lowest BCUT2D eigenvalue weighted by Gasteiger charge is -2.39. The molecule has 0 amide bonds. The van der Waals surface area contributed by atoms with Crippen molar-refractivity contribution in [2.75, 3.05) is 0 Å². The van der Waals surface area contributed by atoms with Gasteiger partial charge in [-0.05, 0) is 48.8 Å². The molecule has 1 fully saturated rings. The smallest absolute Gasteiger partial charge is 0.127 e. The van der Waals surface area contributed by atoms with Gasteiger partial charge in [0.2, 0.25) is 0 Å². The Bertz CT molecular complexity index is 442. The number of rotatable bonds is 3. The Kier molecular flexibility index (Phi) is 4.24. The van der Waals surface area contributed by atoms with E-state index in [1.165, 1.54) is 18.6 Å². The van der Waals surface area contributed by atoms with Crippen molar-refractivity contribution >= 4 is 0 Å². The molecule has 1 saturated carbocycles. The van der Waals surface area contributed by atoms with Crippen LogP contribution in [0.5, 0.6) is 0 Å². The molecule has 0 aromatic heterocycles. The molecule has 19 heavy (non-hydrogen) atoms. The third-order valence-electron chi connectivity index (χ3n) is 3.98. The molecule has 0 saturated heterocycles. The highest BCUT2D eigenvalue weighted by Gasteiger charge is 2.31. The van der Waals surface area contributed by atoms with Crippen molar-refractivity contribution in [3.05, 3.63) is 35.4 Å². The van der Waals surface area contributed by atoms with Crippen molar-refractivity contribution in [2.45, 2.75) is 52.6 Å². The van der Waals surface area contributed by atoms with Gasteiger partial charge in [0.05, 0.1) is 0 Å². The predicted octanol–water partition coefficient (Wildman–Crippen LogP) is 4.27. The Labute approximate surface area is 114 Å². The van der Waals surface area contributed by atoms with Crippen molar-refractivity contribution in [3.8, 4) is 0 Å². The van der Waals surface area contributed by atoms with E-state index in [4.69, 9.17) is 0 Å². The molecular weight excluding hydrogens is 244 g/mol. The first kappa shape index (κ1) is 14.4. The number of hydrogen-bond donors (Lipinski definition) is 1. The Hall–Kier alpha value is -0.960. The van der Waals surface area contributed by atoms with E-state index in [-0.39, 0.29) is 11.6 Å². The number of nitrogens with one attached hydrogen (secondary N) is 1. The van der Waals surface area contributed by atoms with Crippen LogP contribution in [-0.4, -0.2) is 6.04 Å². The maximum absolute atomic E-state index is 13.5. The van der Waals surface area contributed by atoms with Crippen molar-refractivity contribution in [3.63, 3.8) is 0 Å². The fourth-order valence-electron chi connectivity index (χ4n) is 3.43. The average molecular weight is 267 g/mol. The van der Waals surface area contributed by atoms with Crippen LogP contribution in [0.3, 0.4) is 0 Å². The first-order valence-electron chi connectivity index (χ1n) is 7.03. The second-order valence-corrected chi connectivity index (χ2v) is 6.73. The molecule has 3 heteroatoms. The van der Waals surface area contributed by atoms with Crippen LogP contribution < -0.4 is 5.32 Å². The summed E-state index contributed by atoms with van der Waals surface area (Å²) in [7, 11) is 0. The molecule has 1 aliphatic carbocycles. The first-order chi connectivity index (χ1) is 8.85. The molecule has 106 valence electrons. The second-order valence-electron chi connectivity index (χ2n) is 6.73. The quantitative estimate of drug-likeness (QED) is 0.862. The molecule has 1 aliphatic rings. The summed E-state index contributed by atoms with van der Waals surface area (Å²) in [5.41, 5.74) is 0.742. The van der Waals surface area contributed by atoms with Crippen molar-refractivity contribution in [2.24, 2.45) is 11.3 Å². The summed E-state index contributed by atoms with van der Waals surface area (Å²) < 4.78 is 26.6. The minimum absolute atomic E-state index is 0.329. The molecule has 0 heterocycles. The Morgan fingerprint density at radius 2 is 2.00 bits per heavy atom. The summed E-state index contributed by atoms with van der Waals surface area (Å²) in [5, 5.41) is 3.39. The molecule has 1 aromatic carbocycles. The molecular formula is C16H23F2N. The average Bonchev–Trinajstić information content (AvgIpc) is 2.28. The molecule has 1 aromatic rings. The second kappa shape index (κ2) is 5.58. The zero-order valence-corrected chi connectivity index (χ0v) is 12.0. The summed E-state index contributed by atoms with van der Waals surface area (Å²) in [6.45, 7) is 7.22. The summed E-state index contributed by atoms with van der Waals surface area (Å²) in [5.74, 6) is -0.0360. The standard InChI is InChI=1S/C16H23F2N/c1-11-6-14(9-16(2,3)8-11)19-10-12-7-13(17)4-5-15(12)18/h4-5,7,11,14,19H,6,8-10H2,1-3H3. The molecule has 0 aliphatic heterocycles. The van der Waals surface area contributed by atoms with Crippen LogP contribution in [0.2, 0.25) is 0 Å². The number of benzene rings is 1. The topological polar surface area (TPSA) is 12.0 Å².